The number of ether oxygens (including phenoxy) is 2. The Balaban J connectivity index is 2.73. The summed E-state index contributed by atoms with van der Waals surface area (Å²) in [7, 11) is 0. The Labute approximate surface area is 120 Å². The summed E-state index contributed by atoms with van der Waals surface area (Å²) in [6.07, 6.45) is 0.975. The number of benzene rings is 1. The SMILES string of the molecule is CCOC(=O)C(=O)c1ccc(OCCC(C)C)cc1C. The van der Waals surface area contributed by atoms with Crippen molar-refractivity contribution in [1.82, 2.24) is 0 Å². The Morgan fingerprint density at radius 3 is 2.50 bits per heavy atom. The van der Waals surface area contributed by atoms with E-state index in [9.17, 15) is 9.59 Å². The van der Waals surface area contributed by atoms with Crippen LogP contribution in [0.25, 0.3) is 0 Å². The predicted octanol–water partition coefficient (Wildman–Crippen LogP) is 3.17. The number of aryl methyl sites for hydroxylation is 1. The molecule has 0 heterocycles. The third kappa shape index (κ3) is 4.68. The normalized spacial score (nSPS) is 10.4. The second-order valence-corrected chi connectivity index (χ2v) is 5.06. The van der Waals surface area contributed by atoms with Crippen molar-refractivity contribution in [3.8, 4) is 5.75 Å². The summed E-state index contributed by atoms with van der Waals surface area (Å²) in [5, 5.41) is 0. The van der Waals surface area contributed by atoms with Crippen LogP contribution in [0, 0.1) is 12.8 Å². The lowest BCUT2D eigenvalue weighted by Crippen LogP contribution is -2.18. The molecule has 0 spiro atoms. The van der Waals surface area contributed by atoms with Crippen LogP contribution in [0.1, 0.15) is 43.1 Å². The lowest BCUT2D eigenvalue weighted by molar-refractivity contribution is -0.137. The fraction of sp³-hybridized carbons (Fsp3) is 0.500. The quantitative estimate of drug-likeness (QED) is 0.437. The van der Waals surface area contributed by atoms with Crippen molar-refractivity contribution in [2.24, 2.45) is 5.92 Å². The van der Waals surface area contributed by atoms with Gasteiger partial charge in [-0.3, -0.25) is 4.79 Å². The number of ketones is 1. The molecule has 0 radical (unpaired) electrons. The van der Waals surface area contributed by atoms with E-state index in [1.165, 1.54) is 0 Å². The summed E-state index contributed by atoms with van der Waals surface area (Å²) in [5.41, 5.74) is 1.07. The Bertz CT molecular complexity index is 477. The van der Waals surface area contributed by atoms with Crippen molar-refractivity contribution in [3.05, 3.63) is 29.3 Å². The van der Waals surface area contributed by atoms with E-state index < -0.39 is 11.8 Å². The number of esters is 1. The highest BCUT2D eigenvalue weighted by molar-refractivity contribution is 6.41. The Hall–Kier alpha value is -1.84. The maximum absolute atomic E-state index is 11.9. The maximum atomic E-state index is 11.9. The van der Waals surface area contributed by atoms with Crippen LogP contribution < -0.4 is 4.74 Å². The van der Waals surface area contributed by atoms with Crippen molar-refractivity contribution < 1.29 is 19.1 Å². The predicted molar refractivity (Wildman–Crippen MR) is 77.1 cm³/mol. The first-order chi connectivity index (χ1) is 9.45. The highest BCUT2D eigenvalue weighted by atomic mass is 16.5. The number of hydrogen-bond donors (Lipinski definition) is 0. The molecule has 20 heavy (non-hydrogen) atoms. The van der Waals surface area contributed by atoms with Crippen molar-refractivity contribution >= 4 is 11.8 Å². The highest BCUT2D eigenvalue weighted by Gasteiger charge is 2.19. The van der Waals surface area contributed by atoms with E-state index in [0.717, 1.165) is 6.42 Å². The summed E-state index contributed by atoms with van der Waals surface area (Å²) in [5.74, 6) is -0.133. The molecule has 0 unspecified atom stereocenters. The molecule has 4 nitrogen and oxygen atoms in total. The minimum Gasteiger partial charge on any atom is -0.494 e. The van der Waals surface area contributed by atoms with Crippen LogP contribution in [0.2, 0.25) is 0 Å². The molecule has 0 fully saturated rings. The molecule has 1 rings (SSSR count). The van der Waals surface area contributed by atoms with Gasteiger partial charge in [-0.05, 0) is 49.9 Å². The van der Waals surface area contributed by atoms with Crippen LogP contribution in [-0.2, 0) is 9.53 Å². The third-order valence-corrected chi connectivity index (χ3v) is 2.87. The van der Waals surface area contributed by atoms with Crippen LogP contribution in [0.15, 0.2) is 18.2 Å². The monoisotopic (exact) mass is 278 g/mol. The van der Waals surface area contributed by atoms with Gasteiger partial charge in [0.25, 0.3) is 5.78 Å². The number of rotatable bonds is 7. The van der Waals surface area contributed by atoms with Gasteiger partial charge in [-0.25, -0.2) is 4.79 Å². The zero-order valence-electron chi connectivity index (χ0n) is 12.6. The fourth-order valence-corrected chi connectivity index (χ4v) is 1.70. The van der Waals surface area contributed by atoms with Crippen molar-refractivity contribution in [1.29, 1.82) is 0 Å². The summed E-state index contributed by atoms with van der Waals surface area (Å²) in [6, 6.07) is 5.09. The summed E-state index contributed by atoms with van der Waals surface area (Å²) in [6.45, 7) is 8.55. The minimum absolute atomic E-state index is 0.194. The summed E-state index contributed by atoms with van der Waals surface area (Å²) in [4.78, 5) is 23.3. The van der Waals surface area contributed by atoms with Gasteiger partial charge >= 0.3 is 5.97 Å². The zero-order valence-corrected chi connectivity index (χ0v) is 12.6. The zero-order chi connectivity index (χ0) is 15.1. The van der Waals surface area contributed by atoms with Gasteiger partial charge in [0.05, 0.1) is 13.2 Å². The maximum Gasteiger partial charge on any atom is 0.379 e. The number of carbonyl (C=O) groups is 2. The van der Waals surface area contributed by atoms with Gasteiger partial charge in [0.2, 0.25) is 0 Å². The van der Waals surface area contributed by atoms with Gasteiger partial charge in [0, 0.05) is 5.56 Å². The van der Waals surface area contributed by atoms with Gasteiger partial charge in [-0.2, -0.15) is 0 Å². The van der Waals surface area contributed by atoms with E-state index in [4.69, 9.17) is 9.47 Å². The molecule has 0 saturated carbocycles. The highest BCUT2D eigenvalue weighted by Crippen LogP contribution is 2.18. The molecule has 110 valence electrons. The van der Waals surface area contributed by atoms with Crippen LogP contribution in [0.5, 0.6) is 5.75 Å². The van der Waals surface area contributed by atoms with E-state index in [1.807, 2.05) is 0 Å². The summed E-state index contributed by atoms with van der Waals surface area (Å²) < 4.78 is 10.3. The lowest BCUT2D eigenvalue weighted by atomic mass is 10.0. The van der Waals surface area contributed by atoms with Crippen LogP contribution in [0.4, 0.5) is 0 Å². The lowest BCUT2D eigenvalue weighted by Gasteiger charge is -2.10. The molecule has 0 bridgehead atoms. The first-order valence-corrected chi connectivity index (χ1v) is 6.90. The molecule has 0 saturated heterocycles. The Morgan fingerprint density at radius 2 is 1.95 bits per heavy atom. The molecule has 0 aliphatic carbocycles. The average molecular weight is 278 g/mol. The molecule has 0 aliphatic heterocycles. The number of hydrogen-bond acceptors (Lipinski definition) is 4. The van der Waals surface area contributed by atoms with Gasteiger partial charge in [0.15, 0.2) is 0 Å². The fourth-order valence-electron chi connectivity index (χ4n) is 1.70. The van der Waals surface area contributed by atoms with E-state index in [1.54, 1.807) is 32.0 Å². The number of carbonyl (C=O) groups excluding carboxylic acids is 2. The van der Waals surface area contributed by atoms with Gasteiger partial charge in [-0.1, -0.05) is 13.8 Å². The van der Waals surface area contributed by atoms with E-state index >= 15 is 0 Å². The van der Waals surface area contributed by atoms with Crippen molar-refractivity contribution in [2.75, 3.05) is 13.2 Å². The van der Waals surface area contributed by atoms with E-state index in [2.05, 4.69) is 13.8 Å². The van der Waals surface area contributed by atoms with E-state index in [0.29, 0.717) is 29.4 Å². The average Bonchev–Trinajstić information content (AvgIpc) is 2.38. The van der Waals surface area contributed by atoms with Gasteiger partial charge < -0.3 is 9.47 Å². The molecular formula is C16H22O4. The van der Waals surface area contributed by atoms with Gasteiger partial charge in [-0.15, -0.1) is 0 Å². The van der Waals surface area contributed by atoms with Gasteiger partial charge in [0.1, 0.15) is 5.75 Å². The molecule has 1 aromatic rings. The standard InChI is InChI=1S/C16H22O4/c1-5-19-16(18)15(17)14-7-6-13(10-12(14)4)20-9-8-11(2)3/h6-7,10-11H,5,8-9H2,1-4H3. The molecule has 4 heteroatoms. The molecule has 0 atom stereocenters. The number of Topliss-reactive ketones (excluding diaryl/α,β-unsaturated/α-hetero) is 1. The smallest absolute Gasteiger partial charge is 0.379 e. The minimum atomic E-state index is -0.816. The molecule has 1 aromatic carbocycles. The van der Waals surface area contributed by atoms with Crippen LogP contribution >= 0.6 is 0 Å². The van der Waals surface area contributed by atoms with Crippen molar-refractivity contribution in [2.45, 2.75) is 34.1 Å². The van der Waals surface area contributed by atoms with E-state index in [-0.39, 0.29) is 6.61 Å². The third-order valence-electron chi connectivity index (χ3n) is 2.87. The molecule has 0 aromatic heterocycles. The first kappa shape index (κ1) is 16.2. The first-order valence-electron chi connectivity index (χ1n) is 6.90. The van der Waals surface area contributed by atoms with Crippen LogP contribution in [0.3, 0.4) is 0 Å². The Morgan fingerprint density at radius 1 is 1.25 bits per heavy atom. The van der Waals surface area contributed by atoms with Crippen molar-refractivity contribution in [3.63, 3.8) is 0 Å². The Kier molecular flexibility index (Phi) is 6.22. The second-order valence-electron chi connectivity index (χ2n) is 5.06. The molecule has 0 aliphatic rings. The topological polar surface area (TPSA) is 52.6 Å². The van der Waals surface area contributed by atoms with Crippen LogP contribution in [-0.4, -0.2) is 25.0 Å². The second kappa shape index (κ2) is 7.68. The molecule has 0 N–H and O–H groups in total. The summed E-state index contributed by atoms with van der Waals surface area (Å²) >= 11 is 0. The molecular weight excluding hydrogens is 256 g/mol. The molecule has 0 amide bonds. The largest absolute Gasteiger partial charge is 0.494 e.